The number of aromatic nitrogens is 2. The van der Waals surface area contributed by atoms with Crippen LogP contribution in [0.3, 0.4) is 0 Å². The molecule has 3 nitrogen and oxygen atoms in total. The summed E-state index contributed by atoms with van der Waals surface area (Å²) in [6.45, 7) is 0. The van der Waals surface area contributed by atoms with Crippen molar-refractivity contribution < 1.29 is 4.74 Å². The number of thiophene rings is 1. The number of fused-ring (bicyclic) bond motifs is 1. The Morgan fingerprint density at radius 2 is 2.24 bits per heavy atom. The van der Waals surface area contributed by atoms with Gasteiger partial charge >= 0.3 is 0 Å². The normalized spacial score (nSPS) is 10.9. The lowest BCUT2D eigenvalue weighted by molar-refractivity contribution is 0.414. The molecule has 0 atom stereocenters. The molecular weight excluding hydrogens is 300 g/mol. The molecule has 0 radical (unpaired) electrons. The van der Waals surface area contributed by atoms with E-state index in [4.69, 9.17) is 4.74 Å². The Hall–Kier alpha value is -1.33. The zero-order valence-corrected chi connectivity index (χ0v) is 11.5. The van der Waals surface area contributed by atoms with E-state index in [0.717, 1.165) is 25.8 Å². The number of nitrogens with zero attached hydrogens (tertiary/aromatic N) is 2. The minimum absolute atomic E-state index is 0.844. The third-order valence-electron chi connectivity index (χ3n) is 2.53. The van der Waals surface area contributed by atoms with E-state index in [-0.39, 0.29) is 0 Å². The van der Waals surface area contributed by atoms with Gasteiger partial charge in [0.25, 0.3) is 0 Å². The largest absolute Gasteiger partial charge is 0.497 e. The second-order valence-electron chi connectivity index (χ2n) is 3.55. The van der Waals surface area contributed by atoms with Crippen LogP contribution in [0.1, 0.15) is 0 Å². The summed E-state index contributed by atoms with van der Waals surface area (Å²) in [6.07, 6.45) is 3.83. The Bertz CT molecular complexity index is 674. The van der Waals surface area contributed by atoms with Crippen molar-refractivity contribution in [1.82, 2.24) is 9.38 Å². The van der Waals surface area contributed by atoms with E-state index in [1.165, 1.54) is 0 Å². The SMILES string of the molecule is COc1ccn2c(-c3ccc(Br)s3)ncc2c1. The summed E-state index contributed by atoms with van der Waals surface area (Å²) in [5.74, 6) is 1.80. The van der Waals surface area contributed by atoms with E-state index >= 15 is 0 Å². The lowest BCUT2D eigenvalue weighted by Crippen LogP contribution is -1.88. The minimum Gasteiger partial charge on any atom is -0.497 e. The summed E-state index contributed by atoms with van der Waals surface area (Å²) in [7, 11) is 1.67. The Balaban J connectivity index is 2.18. The summed E-state index contributed by atoms with van der Waals surface area (Å²) in [5, 5.41) is 0. The van der Waals surface area contributed by atoms with Crippen molar-refractivity contribution >= 4 is 32.8 Å². The van der Waals surface area contributed by atoms with Gasteiger partial charge in [-0.3, -0.25) is 4.40 Å². The van der Waals surface area contributed by atoms with Crippen LogP contribution in [0.2, 0.25) is 0 Å². The van der Waals surface area contributed by atoms with Crippen molar-refractivity contribution in [3.05, 3.63) is 40.4 Å². The Morgan fingerprint density at radius 1 is 1.35 bits per heavy atom. The highest BCUT2D eigenvalue weighted by molar-refractivity contribution is 9.11. The fourth-order valence-corrected chi connectivity index (χ4v) is 3.10. The second-order valence-corrected chi connectivity index (χ2v) is 6.01. The monoisotopic (exact) mass is 308 g/mol. The molecule has 0 bridgehead atoms. The fraction of sp³-hybridized carbons (Fsp3) is 0.0833. The molecular formula is C12H9BrN2OS. The number of imidazole rings is 1. The quantitative estimate of drug-likeness (QED) is 0.719. The number of pyridine rings is 1. The van der Waals surface area contributed by atoms with Gasteiger partial charge in [-0.25, -0.2) is 4.98 Å². The highest BCUT2D eigenvalue weighted by Gasteiger charge is 2.08. The first-order chi connectivity index (χ1) is 8.28. The van der Waals surface area contributed by atoms with Crippen LogP contribution in [0.5, 0.6) is 5.75 Å². The van der Waals surface area contributed by atoms with Gasteiger partial charge in [-0.15, -0.1) is 11.3 Å². The summed E-state index contributed by atoms with van der Waals surface area (Å²) in [6, 6.07) is 8.00. The highest BCUT2D eigenvalue weighted by atomic mass is 79.9. The van der Waals surface area contributed by atoms with Gasteiger partial charge in [-0.05, 0) is 34.1 Å². The van der Waals surface area contributed by atoms with Gasteiger partial charge in [-0.2, -0.15) is 0 Å². The first kappa shape index (κ1) is 10.8. The number of hydrogen-bond donors (Lipinski definition) is 0. The summed E-state index contributed by atoms with van der Waals surface area (Å²) in [4.78, 5) is 5.59. The number of methoxy groups -OCH3 is 1. The highest BCUT2D eigenvalue weighted by Crippen LogP contribution is 2.31. The summed E-state index contributed by atoms with van der Waals surface area (Å²) < 4.78 is 8.36. The zero-order valence-electron chi connectivity index (χ0n) is 9.05. The molecule has 3 rings (SSSR count). The maximum atomic E-state index is 5.20. The number of ether oxygens (including phenoxy) is 1. The van der Waals surface area contributed by atoms with Gasteiger partial charge in [0, 0.05) is 12.3 Å². The van der Waals surface area contributed by atoms with Crippen molar-refractivity contribution in [2.24, 2.45) is 0 Å². The van der Waals surface area contributed by atoms with Crippen molar-refractivity contribution in [2.75, 3.05) is 7.11 Å². The standard InChI is InChI=1S/C12H9BrN2OS/c1-16-9-4-5-15-8(6-9)7-14-12(15)10-2-3-11(13)17-10/h2-7H,1H3. The maximum Gasteiger partial charge on any atom is 0.154 e. The Kier molecular flexibility index (Phi) is 2.64. The molecule has 3 aromatic rings. The predicted molar refractivity (Wildman–Crippen MR) is 72.8 cm³/mol. The molecule has 0 saturated carbocycles. The van der Waals surface area contributed by atoms with E-state index in [9.17, 15) is 0 Å². The van der Waals surface area contributed by atoms with Crippen LogP contribution in [0, 0.1) is 0 Å². The third kappa shape index (κ3) is 1.85. The molecule has 0 spiro atoms. The molecule has 0 amide bonds. The molecule has 0 N–H and O–H groups in total. The molecule has 3 heterocycles. The van der Waals surface area contributed by atoms with Crippen LogP contribution in [0.25, 0.3) is 16.2 Å². The molecule has 0 aromatic carbocycles. The molecule has 0 aliphatic heterocycles. The van der Waals surface area contributed by atoms with E-state index in [1.807, 2.05) is 30.6 Å². The molecule has 0 fully saturated rings. The van der Waals surface area contributed by atoms with Gasteiger partial charge in [0.15, 0.2) is 5.82 Å². The summed E-state index contributed by atoms with van der Waals surface area (Å²) >= 11 is 5.14. The van der Waals surface area contributed by atoms with Gasteiger partial charge in [0.1, 0.15) is 5.75 Å². The lowest BCUT2D eigenvalue weighted by atomic mass is 10.4. The van der Waals surface area contributed by atoms with Gasteiger partial charge in [0.2, 0.25) is 0 Å². The van der Waals surface area contributed by atoms with E-state index in [1.54, 1.807) is 18.4 Å². The van der Waals surface area contributed by atoms with Crippen LogP contribution in [-0.4, -0.2) is 16.5 Å². The van der Waals surface area contributed by atoms with Crippen molar-refractivity contribution in [3.8, 4) is 16.5 Å². The average Bonchev–Trinajstić information content (AvgIpc) is 2.93. The molecule has 0 saturated heterocycles. The van der Waals surface area contributed by atoms with Crippen LogP contribution < -0.4 is 4.74 Å². The third-order valence-corrected chi connectivity index (χ3v) is 4.15. The Labute approximate surface area is 111 Å². The molecule has 17 heavy (non-hydrogen) atoms. The van der Waals surface area contributed by atoms with Crippen LogP contribution in [0.15, 0.2) is 40.4 Å². The van der Waals surface area contributed by atoms with Crippen molar-refractivity contribution in [3.63, 3.8) is 0 Å². The minimum atomic E-state index is 0.844. The molecule has 0 aliphatic rings. The van der Waals surface area contributed by atoms with Gasteiger partial charge in [-0.1, -0.05) is 0 Å². The molecule has 5 heteroatoms. The molecule has 0 unspecified atom stereocenters. The molecule has 0 aliphatic carbocycles. The van der Waals surface area contributed by atoms with Crippen LogP contribution >= 0.6 is 27.3 Å². The van der Waals surface area contributed by atoms with Crippen LogP contribution in [-0.2, 0) is 0 Å². The number of halogens is 1. The first-order valence-electron chi connectivity index (χ1n) is 5.05. The molecule has 3 aromatic heterocycles. The van der Waals surface area contributed by atoms with Crippen molar-refractivity contribution in [2.45, 2.75) is 0 Å². The van der Waals surface area contributed by atoms with E-state index in [0.29, 0.717) is 0 Å². The van der Waals surface area contributed by atoms with Gasteiger partial charge < -0.3 is 4.74 Å². The topological polar surface area (TPSA) is 26.5 Å². The Morgan fingerprint density at radius 3 is 2.94 bits per heavy atom. The first-order valence-corrected chi connectivity index (χ1v) is 6.66. The predicted octanol–water partition coefficient (Wildman–Crippen LogP) is 3.83. The van der Waals surface area contributed by atoms with Crippen molar-refractivity contribution in [1.29, 1.82) is 0 Å². The molecule has 86 valence electrons. The smallest absolute Gasteiger partial charge is 0.154 e. The van der Waals surface area contributed by atoms with E-state index in [2.05, 4.69) is 31.4 Å². The number of hydrogen-bond acceptors (Lipinski definition) is 3. The fourth-order valence-electron chi connectivity index (χ4n) is 1.72. The lowest BCUT2D eigenvalue weighted by Gasteiger charge is -2.01. The maximum absolute atomic E-state index is 5.20. The van der Waals surface area contributed by atoms with E-state index < -0.39 is 0 Å². The zero-order chi connectivity index (χ0) is 11.8. The number of rotatable bonds is 2. The average molecular weight is 309 g/mol. The van der Waals surface area contributed by atoms with Crippen LogP contribution in [0.4, 0.5) is 0 Å². The second kappa shape index (κ2) is 4.16. The van der Waals surface area contributed by atoms with Gasteiger partial charge in [0.05, 0.1) is 27.5 Å². The summed E-state index contributed by atoms with van der Waals surface area (Å²) in [5.41, 5.74) is 1.03.